The minimum Gasteiger partial charge on any atom is -0.384 e. The predicted octanol–water partition coefficient (Wildman–Crippen LogP) is 1.02. The van der Waals surface area contributed by atoms with E-state index in [1.54, 1.807) is 13.2 Å². The van der Waals surface area contributed by atoms with Crippen LogP contribution in [0.1, 0.15) is 31.5 Å². The van der Waals surface area contributed by atoms with E-state index in [9.17, 15) is 4.79 Å². The first-order chi connectivity index (χ1) is 10.2. The number of ether oxygens (including phenoxy) is 1. The zero-order valence-corrected chi connectivity index (χ0v) is 12.5. The molecule has 3 N–H and O–H groups in total. The van der Waals surface area contributed by atoms with Crippen molar-refractivity contribution < 1.29 is 9.53 Å². The molecule has 1 aromatic rings. The highest BCUT2D eigenvalue weighted by atomic mass is 16.5. The van der Waals surface area contributed by atoms with Gasteiger partial charge in [-0.15, -0.1) is 0 Å². The molecule has 0 bridgehead atoms. The van der Waals surface area contributed by atoms with Crippen molar-refractivity contribution in [3.05, 3.63) is 11.9 Å². The molecule has 2 heterocycles. The van der Waals surface area contributed by atoms with Gasteiger partial charge in [-0.2, -0.15) is 0 Å². The number of likely N-dealkylation sites (tertiary alicyclic amines) is 1. The summed E-state index contributed by atoms with van der Waals surface area (Å²) in [6.45, 7) is 2.62. The fraction of sp³-hybridized carbons (Fsp3) is 0.643. The monoisotopic (exact) mass is 293 g/mol. The van der Waals surface area contributed by atoms with Gasteiger partial charge in [-0.05, 0) is 19.3 Å². The molecule has 1 aliphatic heterocycles. The van der Waals surface area contributed by atoms with Gasteiger partial charge in [-0.3, -0.25) is 4.79 Å². The second-order valence-electron chi connectivity index (χ2n) is 5.15. The SMILES string of the molecule is COCc1nc(N)cc(NCCC(=O)N2CCCCC2)n1. The van der Waals surface area contributed by atoms with Gasteiger partial charge >= 0.3 is 0 Å². The van der Waals surface area contributed by atoms with E-state index in [-0.39, 0.29) is 5.91 Å². The molecule has 116 valence electrons. The number of hydrogen-bond acceptors (Lipinski definition) is 6. The van der Waals surface area contributed by atoms with Crippen LogP contribution in [0.4, 0.5) is 11.6 Å². The topological polar surface area (TPSA) is 93.4 Å². The van der Waals surface area contributed by atoms with Crippen LogP contribution in [0.2, 0.25) is 0 Å². The maximum atomic E-state index is 12.0. The van der Waals surface area contributed by atoms with Gasteiger partial charge in [0.2, 0.25) is 5.91 Å². The molecule has 1 aromatic heterocycles. The number of piperidine rings is 1. The largest absolute Gasteiger partial charge is 0.384 e. The van der Waals surface area contributed by atoms with Crippen LogP contribution in [-0.2, 0) is 16.1 Å². The van der Waals surface area contributed by atoms with Crippen LogP contribution in [0.15, 0.2) is 6.07 Å². The van der Waals surface area contributed by atoms with Crippen LogP contribution < -0.4 is 11.1 Å². The summed E-state index contributed by atoms with van der Waals surface area (Å²) in [5, 5.41) is 3.12. The first kappa shape index (κ1) is 15.5. The van der Waals surface area contributed by atoms with E-state index < -0.39 is 0 Å². The fourth-order valence-electron chi connectivity index (χ4n) is 2.40. The number of carbonyl (C=O) groups excluding carboxylic acids is 1. The van der Waals surface area contributed by atoms with Crippen molar-refractivity contribution in [1.29, 1.82) is 0 Å². The number of carbonyl (C=O) groups is 1. The van der Waals surface area contributed by atoms with E-state index in [4.69, 9.17) is 10.5 Å². The molecule has 1 saturated heterocycles. The first-order valence-corrected chi connectivity index (χ1v) is 7.33. The van der Waals surface area contributed by atoms with Gasteiger partial charge < -0.3 is 20.7 Å². The van der Waals surface area contributed by atoms with Gasteiger partial charge in [-0.1, -0.05) is 0 Å². The molecule has 0 aromatic carbocycles. The molecular weight excluding hydrogens is 270 g/mol. The third kappa shape index (κ3) is 4.86. The molecule has 2 rings (SSSR count). The molecule has 1 aliphatic rings. The van der Waals surface area contributed by atoms with Gasteiger partial charge in [-0.25, -0.2) is 9.97 Å². The van der Waals surface area contributed by atoms with Gasteiger partial charge in [0, 0.05) is 39.2 Å². The van der Waals surface area contributed by atoms with Crippen molar-refractivity contribution in [3.63, 3.8) is 0 Å². The third-order valence-corrected chi connectivity index (χ3v) is 3.42. The maximum absolute atomic E-state index is 12.0. The molecule has 0 aliphatic carbocycles. The predicted molar refractivity (Wildman–Crippen MR) is 80.7 cm³/mol. The standard InChI is InChI=1S/C14H23N5O2/c1-21-10-13-17-11(15)9-12(18-13)16-6-5-14(20)19-7-3-2-4-8-19/h9H,2-8,10H2,1H3,(H3,15,16,17,18). The Morgan fingerprint density at radius 3 is 2.86 bits per heavy atom. The number of nitrogens with one attached hydrogen (secondary N) is 1. The average molecular weight is 293 g/mol. The number of methoxy groups -OCH3 is 1. The molecule has 7 nitrogen and oxygen atoms in total. The maximum Gasteiger partial charge on any atom is 0.224 e. The fourth-order valence-corrected chi connectivity index (χ4v) is 2.40. The van der Waals surface area contributed by atoms with E-state index in [1.807, 2.05) is 4.90 Å². The van der Waals surface area contributed by atoms with E-state index in [2.05, 4.69) is 15.3 Å². The zero-order valence-electron chi connectivity index (χ0n) is 12.5. The molecule has 0 saturated carbocycles. The number of aromatic nitrogens is 2. The number of hydrogen-bond donors (Lipinski definition) is 2. The van der Waals surface area contributed by atoms with Crippen LogP contribution >= 0.6 is 0 Å². The van der Waals surface area contributed by atoms with Crippen molar-refractivity contribution in [1.82, 2.24) is 14.9 Å². The Morgan fingerprint density at radius 1 is 1.38 bits per heavy atom. The smallest absolute Gasteiger partial charge is 0.224 e. The molecule has 0 spiro atoms. The van der Waals surface area contributed by atoms with Crippen LogP contribution in [0.5, 0.6) is 0 Å². The second-order valence-corrected chi connectivity index (χ2v) is 5.15. The molecule has 1 amide bonds. The molecule has 0 unspecified atom stereocenters. The quantitative estimate of drug-likeness (QED) is 0.813. The Labute approximate surface area is 124 Å². The summed E-state index contributed by atoms with van der Waals surface area (Å²) in [5.74, 6) is 1.74. The van der Waals surface area contributed by atoms with Crippen LogP contribution in [0, 0.1) is 0 Å². The number of nitrogens with two attached hydrogens (primary N) is 1. The lowest BCUT2D eigenvalue weighted by molar-refractivity contribution is -0.131. The lowest BCUT2D eigenvalue weighted by Gasteiger charge is -2.26. The summed E-state index contributed by atoms with van der Waals surface area (Å²) in [6, 6.07) is 1.66. The Morgan fingerprint density at radius 2 is 2.14 bits per heavy atom. The Balaban J connectivity index is 1.81. The van der Waals surface area contributed by atoms with E-state index in [0.717, 1.165) is 25.9 Å². The van der Waals surface area contributed by atoms with E-state index in [0.29, 0.717) is 37.0 Å². The van der Waals surface area contributed by atoms with Crippen molar-refractivity contribution in [2.75, 3.05) is 37.8 Å². The lowest BCUT2D eigenvalue weighted by atomic mass is 10.1. The van der Waals surface area contributed by atoms with Gasteiger partial charge in [0.25, 0.3) is 0 Å². The average Bonchev–Trinajstić information content (AvgIpc) is 2.48. The van der Waals surface area contributed by atoms with E-state index in [1.165, 1.54) is 6.42 Å². The molecule has 0 atom stereocenters. The van der Waals surface area contributed by atoms with Crippen molar-refractivity contribution in [3.8, 4) is 0 Å². The highest BCUT2D eigenvalue weighted by Crippen LogP contribution is 2.11. The Kier molecular flexibility index (Phi) is 5.74. The number of nitrogen functional groups attached to an aromatic ring is 1. The summed E-state index contributed by atoms with van der Waals surface area (Å²) < 4.78 is 4.99. The molecule has 7 heteroatoms. The lowest BCUT2D eigenvalue weighted by Crippen LogP contribution is -2.36. The summed E-state index contributed by atoms with van der Waals surface area (Å²) in [5.41, 5.74) is 5.72. The van der Waals surface area contributed by atoms with Gasteiger partial charge in [0.05, 0.1) is 0 Å². The minimum absolute atomic E-state index is 0.196. The Hall–Kier alpha value is -1.89. The molecular formula is C14H23N5O2. The van der Waals surface area contributed by atoms with Crippen molar-refractivity contribution in [2.24, 2.45) is 0 Å². The van der Waals surface area contributed by atoms with Crippen LogP contribution in [-0.4, -0.2) is 47.5 Å². The van der Waals surface area contributed by atoms with Crippen molar-refractivity contribution >= 4 is 17.5 Å². The number of nitrogens with zero attached hydrogens (tertiary/aromatic N) is 3. The summed E-state index contributed by atoms with van der Waals surface area (Å²) >= 11 is 0. The molecule has 21 heavy (non-hydrogen) atoms. The van der Waals surface area contributed by atoms with Gasteiger partial charge in [0.1, 0.15) is 18.2 Å². The summed E-state index contributed by atoms with van der Waals surface area (Å²) in [6.07, 6.45) is 3.91. The van der Waals surface area contributed by atoms with Crippen molar-refractivity contribution in [2.45, 2.75) is 32.3 Å². The highest BCUT2D eigenvalue weighted by Gasteiger charge is 2.15. The molecule has 0 radical (unpaired) electrons. The first-order valence-electron chi connectivity index (χ1n) is 7.33. The van der Waals surface area contributed by atoms with Crippen LogP contribution in [0.3, 0.4) is 0 Å². The zero-order chi connectivity index (χ0) is 15.1. The normalized spacial score (nSPS) is 15.0. The number of anilines is 2. The second kappa shape index (κ2) is 7.78. The number of amides is 1. The molecule has 1 fully saturated rings. The Bertz CT molecular complexity index is 474. The summed E-state index contributed by atoms with van der Waals surface area (Å²) in [7, 11) is 1.58. The van der Waals surface area contributed by atoms with E-state index >= 15 is 0 Å². The highest BCUT2D eigenvalue weighted by molar-refractivity contribution is 5.76. The minimum atomic E-state index is 0.196. The summed E-state index contributed by atoms with van der Waals surface area (Å²) in [4.78, 5) is 22.3. The third-order valence-electron chi connectivity index (χ3n) is 3.42. The number of rotatable bonds is 6. The van der Waals surface area contributed by atoms with Crippen LogP contribution in [0.25, 0.3) is 0 Å². The van der Waals surface area contributed by atoms with Gasteiger partial charge in [0.15, 0.2) is 5.82 Å².